The van der Waals surface area contributed by atoms with E-state index in [0.29, 0.717) is 6.54 Å². The molecule has 1 aromatic rings. The molecule has 1 N–H and O–H groups in total. The van der Waals surface area contributed by atoms with Crippen molar-refractivity contribution >= 4 is 17.2 Å². The molecule has 2 heterocycles. The van der Waals surface area contributed by atoms with Crippen LogP contribution in [-0.4, -0.2) is 42.0 Å². The molecule has 1 aliphatic heterocycles. The molecule has 1 aliphatic rings. The zero-order chi connectivity index (χ0) is 12.8. The van der Waals surface area contributed by atoms with E-state index >= 15 is 0 Å². The molecule has 1 fully saturated rings. The molecule has 100 valence electrons. The summed E-state index contributed by atoms with van der Waals surface area (Å²) in [5.74, 6) is 0.240. The molecule has 0 atom stereocenters. The summed E-state index contributed by atoms with van der Waals surface area (Å²) in [6.07, 6.45) is 4.48. The summed E-state index contributed by atoms with van der Waals surface area (Å²) in [5, 5.41) is 6.41. The van der Waals surface area contributed by atoms with Gasteiger partial charge in [-0.1, -0.05) is 0 Å². The standard InChI is InChI=1S/C13H21N3OS/c1-11-15-12(10-18-11)5-6-14-9-13(17)16-7-3-2-4-8-16/h10,14H,2-9H2,1H3. The minimum Gasteiger partial charge on any atom is -0.342 e. The van der Waals surface area contributed by atoms with Crippen molar-refractivity contribution < 1.29 is 4.79 Å². The molecular weight excluding hydrogens is 246 g/mol. The van der Waals surface area contributed by atoms with Gasteiger partial charge in [-0.15, -0.1) is 11.3 Å². The number of hydrogen-bond donors (Lipinski definition) is 1. The molecule has 1 saturated heterocycles. The van der Waals surface area contributed by atoms with Crippen LogP contribution in [0.1, 0.15) is 30.0 Å². The highest BCUT2D eigenvalue weighted by molar-refractivity contribution is 7.09. The van der Waals surface area contributed by atoms with Crippen LogP contribution in [0.3, 0.4) is 0 Å². The number of thiazole rings is 1. The van der Waals surface area contributed by atoms with E-state index in [9.17, 15) is 4.79 Å². The smallest absolute Gasteiger partial charge is 0.236 e. The SMILES string of the molecule is Cc1nc(CCNCC(=O)N2CCCCC2)cs1. The van der Waals surface area contributed by atoms with Crippen molar-refractivity contribution in [1.82, 2.24) is 15.2 Å². The first-order valence-electron chi connectivity index (χ1n) is 6.65. The maximum absolute atomic E-state index is 11.9. The number of hydrogen-bond acceptors (Lipinski definition) is 4. The van der Waals surface area contributed by atoms with Crippen molar-refractivity contribution in [3.63, 3.8) is 0 Å². The van der Waals surface area contributed by atoms with Gasteiger partial charge in [-0.25, -0.2) is 4.98 Å². The van der Waals surface area contributed by atoms with E-state index in [4.69, 9.17) is 0 Å². The number of aromatic nitrogens is 1. The maximum Gasteiger partial charge on any atom is 0.236 e. The molecule has 0 radical (unpaired) electrons. The monoisotopic (exact) mass is 267 g/mol. The van der Waals surface area contributed by atoms with E-state index in [1.807, 2.05) is 11.8 Å². The number of nitrogens with one attached hydrogen (secondary N) is 1. The van der Waals surface area contributed by atoms with Crippen LogP contribution in [0.25, 0.3) is 0 Å². The summed E-state index contributed by atoms with van der Waals surface area (Å²) >= 11 is 1.68. The van der Waals surface area contributed by atoms with Crippen LogP contribution in [0.2, 0.25) is 0 Å². The third-order valence-corrected chi connectivity index (χ3v) is 4.03. The molecule has 18 heavy (non-hydrogen) atoms. The van der Waals surface area contributed by atoms with Gasteiger partial charge in [-0.05, 0) is 26.2 Å². The molecule has 0 unspecified atom stereocenters. The van der Waals surface area contributed by atoms with E-state index in [1.165, 1.54) is 6.42 Å². The summed E-state index contributed by atoms with van der Waals surface area (Å²) in [6.45, 7) is 5.17. The number of carbonyl (C=O) groups excluding carboxylic acids is 1. The van der Waals surface area contributed by atoms with Crippen LogP contribution in [0, 0.1) is 6.92 Å². The van der Waals surface area contributed by atoms with Crippen molar-refractivity contribution in [3.8, 4) is 0 Å². The predicted molar refractivity (Wildman–Crippen MR) is 73.9 cm³/mol. The van der Waals surface area contributed by atoms with Crippen molar-refractivity contribution in [3.05, 3.63) is 16.1 Å². The topological polar surface area (TPSA) is 45.2 Å². The number of piperidine rings is 1. The van der Waals surface area contributed by atoms with E-state index in [2.05, 4.69) is 15.7 Å². The van der Waals surface area contributed by atoms with Crippen LogP contribution in [0.5, 0.6) is 0 Å². The Labute approximate surface area is 112 Å². The third-order valence-electron chi connectivity index (χ3n) is 3.21. The Morgan fingerprint density at radius 3 is 2.89 bits per heavy atom. The van der Waals surface area contributed by atoms with E-state index in [0.717, 1.165) is 49.6 Å². The number of nitrogens with zero attached hydrogens (tertiary/aromatic N) is 2. The van der Waals surface area contributed by atoms with Gasteiger partial charge in [0.2, 0.25) is 5.91 Å². The van der Waals surface area contributed by atoms with Crippen LogP contribution in [0.15, 0.2) is 5.38 Å². The highest BCUT2D eigenvalue weighted by atomic mass is 32.1. The number of aryl methyl sites for hydroxylation is 1. The van der Waals surface area contributed by atoms with Gasteiger partial charge in [0.25, 0.3) is 0 Å². The Hall–Kier alpha value is -0.940. The second-order valence-electron chi connectivity index (χ2n) is 4.73. The Morgan fingerprint density at radius 2 is 2.22 bits per heavy atom. The highest BCUT2D eigenvalue weighted by Crippen LogP contribution is 2.09. The van der Waals surface area contributed by atoms with Gasteiger partial charge in [0.05, 0.1) is 17.2 Å². The zero-order valence-corrected chi connectivity index (χ0v) is 11.8. The summed E-state index contributed by atoms with van der Waals surface area (Å²) in [4.78, 5) is 18.2. The maximum atomic E-state index is 11.9. The fourth-order valence-corrected chi connectivity index (χ4v) is 2.84. The van der Waals surface area contributed by atoms with Gasteiger partial charge < -0.3 is 10.2 Å². The predicted octanol–water partition coefficient (Wildman–Crippen LogP) is 1.60. The molecule has 2 rings (SSSR count). The van der Waals surface area contributed by atoms with Crippen molar-refractivity contribution in [2.75, 3.05) is 26.2 Å². The summed E-state index contributed by atoms with van der Waals surface area (Å²) < 4.78 is 0. The Morgan fingerprint density at radius 1 is 1.44 bits per heavy atom. The van der Waals surface area contributed by atoms with Crippen molar-refractivity contribution in [1.29, 1.82) is 0 Å². The first kappa shape index (κ1) is 13.5. The quantitative estimate of drug-likeness (QED) is 0.824. The lowest BCUT2D eigenvalue weighted by molar-refractivity contribution is -0.131. The minimum atomic E-state index is 0.240. The van der Waals surface area contributed by atoms with Gasteiger partial charge in [0, 0.05) is 31.4 Å². The number of rotatable bonds is 5. The van der Waals surface area contributed by atoms with Crippen LogP contribution < -0.4 is 5.32 Å². The van der Waals surface area contributed by atoms with Crippen molar-refractivity contribution in [2.24, 2.45) is 0 Å². The third kappa shape index (κ3) is 4.07. The lowest BCUT2D eigenvalue weighted by Gasteiger charge is -2.26. The van der Waals surface area contributed by atoms with Crippen LogP contribution in [-0.2, 0) is 11.2 Å². The Kier molecular flexibility index (Phi) is 5.13. The molecule has 1 aromatic heterocycles. The normalized spacial score (nSPS) is 15.9. The molecule has 0 saturated carbocycles. The molecule has 5 heteroatoms. The minimum absolute atomic E-state index is 0.240. The second-order valence-corrected chi connectivity index (χ2v) is 5.79. The molecule has 0 aromatic carbocycles. The van der Waals surface area contributed by atoms with E-state index in [1.54, 1.807) is 11.3 Å². The van der Waals surface area contributed by atoms with Gasteiger partial charge >= 0.3 is 0 Å². The number of amides is 1. The summed E-state index contributed by atoms with van der Waals surface area (Å²) in [7, 11) is 0. The number of likely N-dealkylation sites (tertiary alicyclic amines) is 1. The van der Waals surface area contributed by atoms with E-state index < -0.39 is 0 Å². The Bertz CT molecular complexity index is 385. The first-order chi connectivity index (χ1) is 8.75. The van der Waals surface area contributed by atoms with Gasteiger partial charge in [0.1, 0.15) is 0 Å². The number of carbonyl (C=O) groups is 1. The van der Waals surface area contributed by atoms with Crippen LogP contribution in [0.4, 0.5) is 0 Å². The van der Waals surface area contributed by atoms with Crippen LogP contribution >= 0.6 is 11.3 Å². The summed E-state index contributed by atoms with van der Waals surface area (Å²) in [6, 6.07) is 0. The van der Waals surface area contributed by atoms with Gasteiger partial charge in [0.15, 0.2) is 0 Å². The second kappa shape index (κ2) is 6.85. The lowest BCUT2D eigenvalue weighted by atomic mass is 10.1. The van der Waals surface area contributed by atoms with E-state index in [-0.39, 0.29) is 5.91 Å². The van der Waals surface area contributed by atoms with Gasteiger partial charge in [-0.3, -0.25) is 4.79 Å². The zero-order valence-electron chi connectivity index (χ0n) is 10.9. The lowest BCUT2D eigenvalue weighted by Crippen LogP contribution is -2.41. The fourth-order valence-electron chi connectivity index (χ4n) is 2.19. The fraction of sp³-hybridized carbons (Fsp3) is 0.692. The summed E-state index contributed by atoms with van der Waals surface area (Å²) in [5.41, 5.74) is 1.12. The van der Waals surface area contributed by atoms with Gasteiger partial charge in [-0.2, -0.15) is 0 Å². The molecule has 4 nitrogen and oxygen atoms in total. The highest BCUT2D eigenvalue weighted by Gasteiger charge is 2.15. The first-order valence-corrected chi connectivity index (χ1v) is 7.53. The molecule has 0 aliphatic carbocycles. The largest absolute Gasteiger partial charge is 0.342 e. The Balaban J connectivity index is 1.61. The average Bonchev–Trinajstić information content (AvgIpc) is 2.81. The molecule has 0 spiro atoms. The van der Waals surface area contributed by atoms with Crippen molar-refractivity contribution in [2.45, 2.75) is 32.6 Å². The average molecular weight is 267 g/mol. The molecular formula is C13H21N3OS. The molecule has 0 bridgehead atoms. The molecule has 1 amide bonds.